The van der Waals surface area contributed by atoms with E-state index in [0.29, 0.717) is 18.1 Å². The van der Waals surface area contributed by atoms with Crippen LogP contribution in [-0.4, -0.2) is 40.5 Å². The molecular formula is C12H15N5O5S. The minimum atomic E-state index is -4.23. The van der Waals surface area contributed by atoms with Gasteiger partial charge in [0, 0.05) is 0 Å². The molecule has 1 aromatic heterocycles. The van der Waals surface area contributed by atoms with Crippen LogP contribution in [0.3, 0.4) is 0 Å². The van der Waals surface area contributed by atoms with Crippen molar-refractivity contribution in [1.29, 1.82) is 0 Å². The number of nitrogens with one attached hydrogen (secondary N) is 2. The first-order valence-electron chi connectivity index (χ1n) is 6.67. The Labute approximate surface area is 132 Å². The smallest absolute Gasteiger partial charge is 0.335 e. The summed E-state index contributed by atoms with van der Waals surface area (Å²) in [4.78, 5) is 34.2. The van der Waals surface area contributed by atoms with E-state index < -0.39 is 22.0 Å². The largest absolute Gasteiger partial charge is 0.478 e. The molecule has 0 aliphatic heterocycles. The molecule has 1 aliphatic carbocycles. The molecule has 23 heavy (non-hydrogen) atoms. The number of nitrogens with zero attached hydrogens (tertiary/aromatic N) is 3. The van der Waals surface area contributed by atoms with Gasteiger partial charge in [-0.15, -0.1) is 0 Å². The predicted molar refractivity (Wildman–Crippen MR) is 78.9 cm³/mol. The maximum Gasteiger partial charge on any atom is 0.335 e. The molecule has 0 fully saturated rings. The van der Waals surface area contributed by atoms with Crippen LogP contribution in [0, 0.1) is 13.8 Å². The Morgan fingerprint density at radius 2 is 1.70 bits per heavy atom. The number of carboxylic acids is 1. The molecule has 10 nitrogen and oxygen atoms in total. The summed E-state index contributed by atoms with van der Waals surface area (Å²) in [5, 5.41) is 11.2. The Bertz CT molecular complexity index is 782. The third-order valence-electron chi connectivity index (χ3n) is 3.06. The van der Waals surface area contributed by atoms with E-state index in [2.05, 4.69) is 20.3 Å². The highest BCUT2D eigenvalue weighted by atomic mass is 32.2. The second kappa shape index (κ2) is 6.28. The van der Waals surface area contributed by atoms with Gasteiger partial charge in [0.05, 0.1) is 10.5 Å². The van der Waals surface area contributed by atoms with Crippen LogP contribution >= 0.6 is 0 Å². The van der Waals surface area contributed by atoms with Crippen molar-refractivity contribution in [3.8, 4) is 0 Å². The van der Waals surface area contributed by atoms with Crippen molar-refractivity contribution < 1.29 is 23.1 Å². The minimum Gasteiger partial charge on any atom is -0.478 e. The molecule has 124 valence electrons. The first-order chi connectivity index (χ1) is 10.7. The topological polar surface area (TPSA) is 151 Å². The summed E-state index contributed by atoms with van der Waals surface area (Å²) in [5.74, 6) is -0.668. The molecule has 3 N–H and O–H groups in total. The summed E-state index contributed by atoms with van der Waals surface area (Å²) in [6.45, 7) is 3.19. The second-order valence-corrected chi connectivity index (χ2v) is 6.58. The van der Waals surface area contributed by atoms with Gasteiger partial charge in [-0.05, 0) is 33.1 Å². The predicted octanol–water partition coefficient (Wildman–Crippen LogP) is 0.462. The molecule has 1 aliphatic rings. The average Bonchev–Trinajstić information content (AvgIpc) is 2.86. The Balaban J connectivity index is 2.16. The Morgan fingerprint density at radius 1 is 1.09 bits per heavy atom. The Kier molecular flexibility index (Phi) is 4.59. The number of carbonyl (C=O) groups excluding carboxylic acids is 1. The molecule has 2 rings (SSSR count). The number of carbonyl (C=O) groups is 2. The molecule has 0 spiro atoms. The highest BCUT2D eigenvalue weighted by Gasteiger charge is 2.31. The van der Waals surface area contributed by atoms with Crippen molar-refractivity contribution in [3.05, 3.63) is 22.1 Å². The fraction of sp³-hybridized carbons (Fsp3) is 0.417. The van der Waals surface area contributed by atoms with Crippen molar-refractivity contribution in [2.24, 2.45) is 0 Å². The summed E-state index contributed by atoms with van der Waals surface area (Å²) in [6.07, 6.45) is 0.638. The summed E-state index contributed by atoms with van der Waals surface area (Å²) < 4.78 is 26.0. The lowest BCUT2D eigenvalue weighted by molar-refractivity contribution is -0.132. The quantitative estimate of drug-likeness (QED) is 0.714. The van der Waals surface area contributed by atoms with Gasteiger partial charge in [0.1, 0.15) is 11.6 Å². The van der Waals surface area contributed by atoms with Gasteiger partial charge in [-0.25, -0.2) is 27.7 Å². The lowest BCUT2D eigenvalue weighted by atomic mass is 10.2. The zero-order valence-corrected chi connectivity index (χ0v) is 13.3. The van der Waals surface area contributed by atoms with Crippen molar-refractivity contribution >= 4 is 28.0 Å². The van der Waals surface area contributed by atoms with Crippen LogP contribution in [0.1, 0.15) is 30.9 Å². The number of hydrogen-bond donors (Lipinski definition) is 3. The molecule has 0 saturated heterocycles. The van der Waals surface area contributed by atoms with Crippen molar-refractivity contribution in [2.45, 2.75) is 33.1 Å². The van der Waals surface area contributed by atoms with Crippen LogP contribution < -0.4 is 10.0 Å². The maximum atomic E-state index is 12.1. The Hall–Kier alpha value is -2.56. The fourth-order valence-electron chi connectivity index (χ4n) is 2.22. The summed E-state index contributed by atoms with van der Waals surface area (Å²) in [6, 6.07) is -1.07. The summed E-state index contributed by atoms with van der Waals surface area (Å²) in [7, 11) is -4.23. The highest BCUT2D eigenvalue weighted by molar-refractivity contribution is 7.94. The standard InChI is InChI=1S/C12H15N5O5S/c1-6-13-7(2)15-11(14-6)16-12(20)17-23(21,22)9-5-3-4-8(9)10(18)19/h3-5H2,1-2H3,(H,18,19)(H2,13,14,15,16,17,20). The zero-order chi connectivity index (χ0) is 17.2. The molecule has 0 saturated carbocycles. The van der Waals surface area contributed by atoms with Gasteiger partial charge >= 0.3 is 12.0 Å². The highest BCUT2D eigenvalue weighted by Crippen LogP contribution is 2.29. The number of anilines is 1. The van der Waals surface area contributed by atoms with E-state index in [1.165, 1.54) is 0 Å². The van der Waals surface area contributed by atoms with E-state index in [1.54, 1.807) is 18.6 Å². The number of aliphatic carboxylic acids is 1. The third kappa shape index (κ3) is 4.00. The van der Waals surface area contributed by atoms with E-state index in [9.17, 15) is 18.0 Å². The number of allylic oxidation sites excluding steroid dienone is 1. The van der Waals surface area contributed by atoms with E-state index in [1.807, 2.05) is 0 Å². The molecule has 1 heterocycles. The maximum absolute atomic E-state index is 12.1. The van der Waals surface area contributed by atoms with Crippen LogP contribution in [0.25, 0.3) is 0 Å². The molecule has 2 amide bonds. The monoisotopic (exact) mass is 341 g/mol. The molecule has 0 atom stereocenters. The van der Waals surface area contributed by atoms with Crippen molar-refractivity contribution in [3.63, 3.8) is 0 Å². The lowest BCUT2D eigenvalue weighted by Crippen LogP contribution is -2.36. The number of amides is 2. The summed E-state index contributed by atoms with van der Waals surface area (Å²) in [5.41, 5.74) is -0.197. The van der Waals surface area contributed by atoms with E-state index in [4.69, 9.17) is 5.11 Å². The zero-order valence-electron chi connectivity index (χ0n) is 12.5. The van der Waals surface area contributed by atoms with Gasteiger partial charge in [0.2, 0.25) is 5.95 Å². The number of aromatic nitrogens is 3. The minimum absolute atomic E-state index is 0.0776. The van der Waals surface area contributed by atoms with Crippen molar-refractivity contribution in [2.75, 3.05) is 5.32 Å². The van der Waals surface area contributed by atoms with Gasteiger partial charge in [-0.2, -0.15) is 9.97 Å². The number of carboxylic acid groups (broad SMARTS) is 1. The number of aryl methyl sites for hydroxylation is 2. The van der Waals surface area contributed by atoms with Crippen molar-refractivity contribution in [1.82, 2.24) is 19.7 Å². The van der Waals surface area contributed by atoms with Crippen LogP contribution in [0.15, 0.2) is 10.5 Å². The van der Waals surface area contributed by atoms with Gasteiger partial charge in [0.15, 0.2) is 0 Å². The van der Waals surface area contributed by atoms with Gasteiger partial charge < -0.3 is 5.11 Å². The number of hydrogen-bond acceptors (Lipinski definition) is 7. The van der Waals surface area contributed by atoms with E-state index in [-0.39, 0.29) is 29.3 Å². The van der Waals surface area contributed by atoms with Crippen LogP contribution in [-0.2, 0) is 14.8 Å². The lowest BCUT2D eigenvalue weighted by Gasteiger charge is -2.09. The second-order valence-electron chi connectivity index (χ2n) is 4.87. The average molecular weight is 341 g/mol. The van der Waals surface area contributed by atoms with Crippen LogP contribution in [0.2, 0.25) is 0 Å². The first kappa shape index (κ1) is 16.8. The Morgan fingerprint density at radius 3 is 2.26 bits per heavy atom. The number of sulfonamides is 1. The van der Waals surface area contributed by atoms with Gasteiger partial charge in [0.25, 0.3) is 10.0 Å². The summed E-state index contributed by atoms with van der Waals surface area (Å²) >= 11 is 0. The van der Waals surface area contributed by atoms with Gasteiger partial charge in [-0.1, -0.05) is 0 Å². The molecule has 0 radical (unpaired) electrons. The molecule has 0 bridgehead atoms. The molecule has 0 aromatic carbocycles. The third-order valence-corrected chi connectivity index (χ3v) is 4.61. The van der Waals surface area contributed by atoms with E-state index >= 15 is 0 Å². The van der Waals surface area contributed by atoms with Gasteiger partial charge in [-0.3, -0.25) is 5.32 Å². The molecule has 1 aromatic rings. The fourth-order valence-corrected chi connectivity index (χ4v) is 3.57. The SMILES string of the molecule is Cc1nc(C)nc(NC(=O)NS(=O)(=O)C2=C(C(=O)O)CCC2)n1. The number of urea groups is 1. The molecular weight excluding hydrogens is 326 g/mol. The molecule has 0 unspecified atom stereocenters. The molecule has 11 heteroatoms. The number of rotatable bonds is 4. The van der Waals surface area contributed by atoms with E-state index in [0.717, 1.165) is 0 Å². The van der Waals surface area contributed by atoms with Crippen LogP contribution in [0.4, 0.5) is 10.7 Å². The normalized spacial score (nSPS) is 14.7. The van der Waals surface area contributed by atoms with Crippen LogP contribution in [0.5, 0.6) is 0 Å². The first-order valence-corrected chi connectivity index (χ1v) is 8.16.